The Morgan fingerprint density at radius 3 is 2.50 bits per heavy atom. The largest absolute Gasteiger partial charge is 0.324 e. The fraction of sp³-hybridized carbons (Fsp3) is 0.538. The van der Waals surface area contributed by atoms with Crippen LogP contribution < -0.4 is 5.73 Å². The van der Waals surface area contributed by atoms with Crippen molar-refractivity contribution in [3.63, 3.8) is 0 Å². The number of aryl methyl sites for hydroxylation is 1. The Bertz CT molecular complexity index is 348. The summed E-state index contributed by atoms with van der Waals surface area (Å²) in [4.78, 5) is 0. The summed E-state index contributed by atoms with van der Waals surface area (Å²) in [5, 5.41) is 0. The van der Waals surface area contributed by atoms with E-state index in [2.05, 4.69) is 0 Å². The van der Waals surface area contributed by atoms with Crippen LogP contribution >= 0.6 is 12.4 Å². The highest BCUT2D eigenvalue weighted by atomic mass is 35.5. The highest BCUT2D eigenvalue weighted by molar-refractivity contribution is 5.85. The van der Waals surface area contributed by atoms with E-state index in [1.807, 2.05) is 19.1 Å². The minimum absolute atomic E-state index is 0. The average Bonchev–Trinajstić information content (AvgIpc) is 2.69. The number of hydrogen-bond acceptors (Lipinski definition) is 1. The van der Waals surface area contributed by atoms with Gasteiger partial charge in [-0.25, -0.2) is 4.39 Å². The zero-order valence-electron chi connectivity index (χ0n) is 9.58. The molecule has 90 valence electrons. The summed E-state index contributed by atoms with van der Waals surface area (Å²) in [7, 11) is 0. The lowest BCUT2D eigenvalue weighted by atomic mass is 9.92. The van der Waals surface area contributed by atoms with Crippen LogP contribution in [0.5, 0.6) is 0 Å². The van der Waals surface area contributed by atoms with Crippen molar-refractivity contribution in [3.8, 4) is 0 Å². The van der Waals surface area contributed by atoms with Crippen LogP contribution in [0, 0.1) is 18.7 Å². The van der Waals surface area contributed by atoms with Crippen LogP contribution in [0.2, 0.25) is 0 Å². The molecule has 1 atom stereocenters. The molecule has 2 rings (SSSR count). The van der Waals surface area contributed by atoms with Crippen molar-refractivity contribution in [2.45, 2.75) is 38.6 Å². The van der Waals surface area contributed by atoms with Gasteiger partial charge in [-0.3, -0.25) is 0 Å². The molecule has 0 unspecified atom stereocenters. The molecule has 0 saturated heterocycles. The van der Waals surface area contributed by atoms with Crippen LogP contribution in [0.3, 0.4) is 0 Å². The summed E-state index contributed by atoms with van der Waals surface area (Å²) < 4.78 is 13.7. The highest BCUT2D eigenvalue weighted by Crippen LogP contribution is 2.35. The quantitative estimate of drug-likeness (QED) is 0.841. The van der Waals surface area contributed by atoms with Gasteiger partial charge in [0, 0.05) is 11.6 Å². The van der Waals surface area contributed by atoms with Gasteiger partial charge in [-0.05, 0) is 37.3 Å². The van der Waals surface area contributed by atoms with Gasteiger partial charge in [0.2, 0.25) is 0 Å². The smallest absolute Gasteiger partial charge is 0.128 e. The molecule has 0 aromatic heterocycles. The Morgan fingerprint density at radius 2 is 1.94 bits per heavy atom. The molecule has 0 spiro atoms. The van der Waals surface area contributed by atoms with Crippen LogP contribution in [-0.2, 0) is 0 Å². The Labute approximate surface area is 103 Å². The van der Waals surface area contributed by atoms with E-state index in [1.54, 1.807) is 6.07 Å². The van der Waals surface area contributed by atoms with E-state index in [-0.39, 0.29) is 24.3 Å². The van der Waals surface area contributed by atoms with E-state index in [4.69, 9.17) is 5.73 Å². The average molecular weight is 244 g/mol. The lowest BCUT2D eigenvalue weighted by Gasteiger charge is -2.19. The maximum absolute atomic E-state index is 13.7. The molecule has 16 heavy (non-hydrogen) atoms. The minimum Gasteiger partial charge on any atom is -0.324 e. The third kappa shape index (κ3) is 2.74. The van der Waals surface area contributed by atoms with Gasteiger partial charge < -0.3 is 5.73 Å². The first-order chi connectivity index (χ1) is 7.18. The topological polar surface area (TPSA) is 26.0 Å². The standard InChI is InChI=1S/C13H18FN.ClH/c1-9-6-7-11(12(14)8-9)13(15)10-4-2-3-5-10;/h6-8,10,13H,2-5,15H2,1H3;1H/t13-;/m1./s1. The molecule has 1 fully saturated rings. The SMILES string of the molecule is Cc1ccc([C@H](N)C2CCCC2)c(F)c1.Cl. The van der Waals surface area contributed by atoms with Gasteiger partial charge in [0.15, 0.2) is 0 Å². The van der Waals surface area contributed by atoms with E-state index < -0.39 is 0 Å². The Kier molecular flexibility index (Phi) is 4.75. The fourth-order valence-corrected chi connectivity index (χ4v) is 2.47. The Balaban J connectivity index is 0.00000128. The first kappa shape index (κ1) is 13.5. The lowest BCUT2D eigenvalue weighted by molar-refractivity contribution is 0.429. The second-order valence-corrected chi connectivity index (χ2v) is 4.60. The Hall–Kier alpha value is -0.600. The van der Waals surface area contributed by atoms with Crippen LogP contribution in [-0.4, -0.2) is 0 Å². The molecular formula is C13H19ClFN. The predicted octanol–water partition coefficient (Wildman–Crippen LogP) is 3.75. The number of rotatable bonds is 2. The van der Waals surface area contributed by atoms with Gasteiger partial charge in [-0.2, -0.15) is 0 Å². The molecule has 0 amide bonds. The number of nitrogens with two attached hydrogens (primary N) is 1. The van der Waals surface area contributed by atoms with Crippen molar-refractivity contribution in [1.82, 2.24) is 0 Å². The summed E-state index contributed by atoms with van der Waals surface area (Å²) in [6, 6.07) is 5.23. The third-order valence-electron chi connectivity index (χ3n) is 3.42. The highest BCUT2D eigenvalue weighted by Gasteiger charge is 2.24. The van der Waals surface area contributed by atoms with E-state index >= 15 is 0 Å². The number of halogens is 2. The van der Waals surface area contributed by atoms with Crippen molar-refractivity contribution >= 4 is 12.4 Å². The fourth-order valence-electron chi connectivity index (χ4n) is 2.47. The molecule has 2 N–H and O–H groups in total. The molecular weight excluding hydrogens is 225 g/mol. The molecule has 1 saturated carbocycles. The van der Waals surface area contributed by atoms with Crippen LogP contribution in [0.1, 0.15) is 42.9 Å². The molecule has 0 radical (unpaired) electrons. The molecule has 1 aliphatic carbocycles. The first-order valence-corrected chi connectivity index (χ1v) is 5.70. The van der Waals surface area contributed by atoms with Gasteiger partial charge in [-0.15, -0.1) is 12.4 Å². The van der Waals surface area contributed by atoms with E-state index in [0.29, 0.717) is 11.5 Å². The molecule has 1 aliphatic rings. The molecule has 3 heteroatoms. The predicted molar refractivity (Wildman–Crippen MR) is 67.3 cm³/mol. The van der Waals surface area contributed by atoms with Crippen molar-refractivity contribution in [2.24, 2.45) is 11.7 Å². The van der Waals surface area contributed by atoms with Crippen molar-refractivity contribution < 1.29 is 4.39 Å². The van der Waals surface area contributed by atoms with E-state index in [1.165, 1.54) is 12.8 Å². The zero-order chi connectivity index (χ0) is 10.8. The van der Waals surface area contributed by atoms with Crippen molar-refractivity contribution in [3.05, 3.63) is 35.1 Å². The van der Waals surface area contributed by atoms with Gasteiger partial charge in [-0.1, -0.05) is 25.0 Å². The van der Waals surface area contributed by atoms with Gasteiger partial charge >= 0.3 is 0 Å². The van der Waals surface area contributed by atoms with Gasteiger partial charge in [0.05, 0.1) is 0 Å². The second-order valence-electron chi connectivity index (χ2n) is 4.60. The van der Waals surface area contributed by atoms with Crippen LogP contribution in [0.15, 0.2) is 18.2 Å². The summed E-state index contributed by atoms with van der Waals surface area (Å²) in [6.45, 7) is 1.90. The second kappa shape index (κ2) is 5.65. The van der Waals surface area contributed by atoms with Crippen LogP contribution in [0.25, 0.3) is 0 Å². The third-order valence-corrected chi connectivity index (χ3v) is 3.42. The monoisotopic (exact) mass is 243 g/mol. The molecule has 1 aromatic rings. The number of benzene rings is 1. The Morgan fingerprint density at radius 1 is 1.31 bits per heavy atom. The molecule has 1 nitrogen and oxygen atoms in total. The zero-order valence-corrected chi connectivity index (χ0v) is 10.4. The van der Waals surface area contributed by atoms with Gasteiger partial charge in [0.25, 0.3) is 0 Å². The summed E-state index contributed by atoms with van der Waals surface area (Å²) >= 11 is 0. The number of hydrogen-bond donors (Lipinski definition) is 1. The maximum atomic E-state index is 13.7. The van der Waals surface area contributed by atoms with Crippen LogP contribution in [0.4, 0.5) is 4.39 Å². The van der Waals surface area contributed by atoms with Gasteiger partial charge in [0.1, 0.15) is 5.82 Å². The first-order valence-electron chi connectivity index (χ1n) is 5.70. The van der Waals surface area contributed by atoms with E-state index in [9.17, 15) is 4.39 Å². The summed E-state index contributed by atoms with van der Waals surface area (Å²) in [5.41, 5.74) is 7.75. The van der Waals surface area contributed by atoms with Crippen molar-refractivity contribution in [1.29, 1.82) is 0 Å². The summed E-state index contributed by atoms with van der Waals surface area (Å²) in [5.74, 6) is 0.330. The molecule has 1 aromatic carbocycles. The lowest BCUT2D eigenvalue weighted by Crippen LogP contribution is -2.20. The van der Waals surface area contributed by atoms with E-state index in [0.717, 1.165) is 18.4 Å². The normalized spacial score (nSPS) is 18.2. The molecule has 0 aliphatic heterocycles. The molecule has 0 heterocycles. The maximum Gasteiger partial charge on any atom is 0.128 e. The minimum atomic E-state index is -0.144. The summed E-state index contributed by atoms with van der Waals surface area (Å²) in [6.07, 6.45) is 4.78. The van der Waals surface area contributed by atoms with Crippen molar-refractivity contribution in [2.75, 3.05) is 0 Å². The molecule has 0 bridgehead atoms.